The third-order valence-electron chi connectivity index (χ3n) is 6.84. The summed E-state index contributed by atoms with van der Waals surface area (Å²) in [6.45, 7) is 4.54. The van der Waals surface area contributed by atoms with Gasteiger partial charge in [-0.15, -0.1) is 0 Å². The Labute approximate surface area is 151 Å². The van der Waals surface area contributed by atoms with E-state index in [1.165, 1.54) is 57.2 Å². The van der Waals surface area contributed by atoms with Gasteiger partial charge in [0.15, 0.2) is 5.78 Å². The van der Waals surface area contributed by atoms with E-state index in [9.17, 15) is 4.79 Å². The minimum absolute atomic E-state index is 0.168. The van der Waals surface area contributed by atoms with Crippen LogP contribution < -0.4 is 4.74 Å². The average molecular weight is 341 g/mol. The molecule has 1 aliphatic heterocycles. The summed E-state index contributed by atoms with van der Waals surface area (Å²) >= 11 is 0. The van der Waals surface area contributed by atoms with Crippen molar-refractivity contribution in [3.8, 4) is 5.75 Å². The van der Waals surface area contributed by atoms with Crippen LogP contribution in [0.1, 0.15) is 63.4 Å². The molecule has 3 atom stereocenters. The molecule has 2 bridgehead atoms. The number of carbonyl (C=O) groups excluding carboxylic acids is 1. The zero-order valence-electron chi connectivity index (χ0n) is 15.5. The number of hydrogen-bond acceptors (Lipinski definition) is 3. The largest absolute Gasteiger partial charge is 0.486 e. The first-order valence-corrected chi connectivity index (χ1v) is 10.2. The van der Waals surface area contributed by atoms with E-state index in [0.717, 1.165) is 23.6 Å². The van der Waals surface area contributed by atoms with Crippen LogP contribution in [0.25, 0.3) is 0 Å². The summed E-state index contributed by atoms with van der Waals surface area (Å²) in [6, 6.07) is 9.21. The molecule has 2 aliphatic carbocycles. The lowest BCUT2D eigenvalue weighted by atomic mass is 9.86. The summed E-state index contributed by atoms with van der Waals surface area (Å²) in [6.07, 6.45) is 8.88. The maximum Gasteiger partial charge on any atom is 0.169 e. The van der Waals surface area contributed by atoms with Crippen molar-refractivity contribution in [2.45, 2.75) is 63.8 Å². The zero-order chi connectivity index (χ0) is 17.2. The van der Waals surface area contributed by atoms with Gasteiger partial charge in [-0.1, -0.05) is 31.5 Å². The maximum absolute atomic E-state index is 11.6. The molecular formula is C22H31NO2. The van der Waals surface area contributed by atoms with Crippen molar-refractivity contribution in [3.63, 3.8) is 0 Å². The van der Waals surface area contributed by atoms with Crippen molar-refractivity contribution >= 4 is 5.78 Å². The van der Waals surface area contributed by atoms with Gasteiger partial charge in [-0.05, 0) is 74.6 Å². The van der Waals surface area contributed by atoms with Crippen LogP contribution in [-0.2, 0) is 4.79 Å². The number of ketones is 1. The second-order valence-electron chi connectivity index (χ2n) is 8.27. The molecule has 25 heavy (non-hydrogen) atoms. The molecule has 136 valence electrons. The Bertz CT molecular complexity index is 606. The highest BCUT2D eigenvalue weighted by molar-refractivity contribution is 5.79. The molecule has 3 fully saturated rings. The van der Waals surface area contributed by atoms with E-state index in [2.05, 4.69) is 17.0 Å². The van der Waals surface area contributed by atoms with E-state index in [1.807, 2.05) is 19.1 Å². The summed E-state index contributed by atoms with van der Waals surface area (Å²) < 4.78 is 5.85. The van der Waals surface area contributed by atoms with E-state index in [4.69, 9.17) is 4.74 Å². The average Bonchev–Trinajstić information content (AvgIpc) is 3.30. The van der Waals surface area contributed by atoms with Gasteiger partial charge < -0.3 is 9.64 Å². The van der Waals surface area contributed by atoms with Crippen LogP contribution in [-0.4, -0.2) is 36.4 Å². The highest BCUT2D eigenvalue weighted by Crippen LogP contribution is 2.47. The molecule has 0 radical (unpaired) electrons. The van der Waals surface area contributed by atoms with E-state index in [1.54, 1.807) is 0 Å². The Balaban J connectivity index is 1.37. The number of Topliss-reactive ketones (excluding diaryl/α,β-unsaturated/α-hetero) is 1. The zero-order valence-corrected chi connectivity index (χ0v) is 15.5. The number of likely N-dealkylation sites (tertiary alicyclic amines) is 1. The minimum Gasteiger partial charge on any atom is -0.486 e. The number of carbonyl (C=O) groups is 1. The Morgan fingerprint density at radius 1 is 1.12 bits per heavy atom. The summed E-state index contributed by atoms with van der Waals surface area (Å²) in [5.41, 5.74) is 1.30. The van der Waals surface area contributed by atoms with E-state index >= 15 is 0 Å². The van der Waals surface area contributed by atoms with E-state index < -0.39 is 0 Å². The van der Waals surface area contributed by atoms with Gasteiger partial charge in [0.2, 0.25) is 0 Å². The lowest BCUT2D eigenvalue weighted by molar-refractivity contribution is -0.120. The molecular weight excluding hydrogens is 310 g/mol. The highest BCUT2D eigenvalue weighted by atomic mass is 16.5. The van der Waals surface area contributed by atoms with Crippen LogP contribution in [0.15, 0.2) is 24.3 Å². The van der Waals surface area contributed by atoms with Crippen molar-refractivity contribution in [2.75, 3.05) is 19.7 Å². The Morgan fingerprint density at radius 3 is 2.60 bits per heavy atom. The van der Waals surface area contributed by atoms with Crippen molar-refractivity contribution in [3.05, 3.63) is 29.8 Å². The van der Waals surface area contributed by atoms with Gasteiger partial charge in [0.05, 0.1) is 0 Å². The quantitative estimate of drug-likeness (QED) is 0.767. The Morgan fingerprint density at radius 2 is 1.92 bits per heavy atom. The molecule has 3 aliphatic rings. The SMILES string of the molecule is CCC(=O)COc1ccccc1C1CCN([C@H]2C[C@H]3CC[C@H]2C3)CC1. The van der Waals surface area contributed by atoms with Gasteiger partial charge >= 0.3 is 0 Å². The van der Waals surface area contributed by atoms with Crippen molar-refractivity contribution < 1.29 is 9.53 Å². The molecule has 4 rings (SSSR count). The topological polar surface area (TPSA) is 29.5 Å². The predicted molar refractivity (Wildman–Crippen MR) is 100 cm³/mol. The summed E-state index contributed by atoms with van der Waals surface area (Å²) in [5.74, 6) is 3.67. The standard InChI is InChI=1S/C22H31NO2/c1-2-19(24)15-25-22-6-4-3-5-20(22)17-9-11-23(12-10-17)21-14-16-7-8-18(21)13-16/h3-6,16-18,21H,2,7-15H2,1H3/t16-,18-,21-/m0/s1. The van der Waals surface area contributed by atoms with Crippen molar-refractivity contribution in [1.29, 1.82) is 0 Å². The second kappa shape index (κ2) is 7.49. The summed E-state index contributed by atoms with van der Waals surface area (Å²) in [5, 5.41) is 0. The summed E-state index contributed by atoms with van der Waals surface area (Å²) in [4.78, 5) is 14.4. The highest BCUT2D eigenvalue weighted by Gasteiger charge is 2.42. The first-order chi connectivity index (χ1) is 12.2. The number of benzene rings is 1. The number of nitrogens with zero attached hydrogens (tertiary/aromatic N) is 1. The lowest BCUT2D eigenvalue weighted by Crippen LogP contribution is -2.43. The molecule has 0 N–H and O–H groups in total. The number of ether oxygens (including phenoxy) is 1. The van der Waals surface area contributed by atoms with Gasteiger partial charge in [-0.2, -0.15) is 0 Å². The van der Waals surface area contributed by atoms with Gasteiger partial charge in [0.25, 0.3) is 0 Å². The normalized spacial score (nSPS) is 29.9. The van der Waals surface area contributed by atoms with Gasteiger partial charge in [0.1, 0.15) is 12.4 Å². The van der Waals surface area contributed by atoms with Gasteiger partial charge in [-0.25, -0.2) is 0 Å². The van der Waals surface area contributed by atoms with Gasteiger partial charge in [0, 0.05) is 12.5 Å². The van der Waals surface area contributed by atoms with Crippen LogP contribution in [0.2, 0.25) is 0 Å². The molecule has 1 aromatic carbocycles. The molecule has 1 heterocycles. The van der Waals surface area contributed by atoms with Crippen LogP contribution in [0.5, 0.6) is 5.75 Å². The number of piperidine rings is 1. The fraction of sp³-hybridized carbons (Fsp3) is 0.682. The van der Waals surface area contributed by atoms with Gasteiger partial charge in [-0.3, -0.25) is 4.79 Å². The van der Waals surface area contributed by atoms with E-state index in [-0.39, 0.29) is 12.4 Å². The van der Waals surface area contributed by atoms with Crippen molar-refractivity contribution in [1.82, 2.24) is 4.90 Å². The minimum atomic E-state index is 0.168. The molecule has 0 spiro atoms. The fourth-order valence-corrected chi connectivity index (χ4v) is 5.41. The second-order valence-corrected chi connectivity index (χ2v) is 8.27. The monoisotopic (exact) mass is 341 g/mol. The number of para-hydroxylation sites is 1. The predicted octanol–water partition coefficient (Wildman–Crippen LogP) is 4.41. The molecule has 0 amide bonds. The third-order valence-corrected chi connectivity index (χ3v) is 6.84. The first kappa shape index (κ1) is 17.1. The molecule has 3 heteroatoms. The van der Waals surface area contributed by atoms with Crippen LogP contribution >= 0.6 is 0 Å². The van der Waals surface area contributed by atoms with Crippen LogP contribution in [0.4, 0.5) is 0 Å². The van der Waals surface area contributed by atoms with E-state index in [0.29, 0.717) is 12.3 Å². The molecule has 3 nitrogen and oxygen atoms in total. The van der Waals surface area contributed by atoms with Crippen LogP contribution in [0.3, 0.4) is 0 Å². The smallest absolute Gasteiger partial charge is 0.169 e. The van der Waals surface area contributed by atoms with Crippen molar-refractivity contribution in [2.24, 2.45) is 11.8 Å². The maximum atomic E-state index is 11.6. The lowest BCUT2D eigenvalue weighted by Gasteiger charge is -2.40. The number of rotatable bonds is 6. The molecule has 0 unspecified atom stereocenters. The number of fused-ring (bicyclic) bond motifs is 2. The van der Waals surface area contributed by atoms with Crippen LogP contribution in [0, 0.1) is 11.8 Å². The fourth-order valence-electron chi connectivity index (χ4n) is 5.41. The molecule has 0 aromatic heterocycles. The molecule has 1 aromatic rings. The first-order valence-electron chi connectivity index (χ1n) is 10.2. The third kappa shape index (κ3) is 3.62. The summed E-state index contributed by atoms with van der Waals surface area (Å²) in [7, 11) is 0. The molecule has 2 saturated carbocycles. The molecule has 1 saturated heterocycles. The number of hydrogen-bond donors (Lipinski definition) is 0. The Hall–Kier alpha value is -1.35. The Kier molecular flexibility index (Phi) is 5.12.